The summed E-state index contributed by atoms with van der Waals surface area (Å²) < 4.78 is 29.5. The van der Waals surface area contributed by atoms with Crippen molar-refractivity contribution in [3.05, 3.63) is 78.1 Å². The SMILES string of the molecule is CCCONC(=COC(Cc1ccccc1)C(=O)OCC)c1nc(-c2ccc(F)cc2)no1. The van der Waals surface area contributed by atoms with Crippen LogP contribution in [0.1, 0.15) is 31.7 Å². The fraction of sp³-hybridized carbons (Fsp3) is 0.292. The third kappa shape index (κ3) is 7.15. The van der Waals surface area contributed by atoms with E-state index in [4.69, 9.17) is 18.8 Å². The van der Waals surface area contributed by atoms with E-state index in [0.717, 1.165) is 12.0 Å². The van der Waals surface area contributed by atoms with Gasteiger partial charge in [-0.1, -0.05) is 42.4 Å². The lowest BCUT2D eigenvalue weighted by molar-refractivity contribution is -0.153. The van der Waals surface area contributed by atoms with Gasteiger partial charge in [0.05, 0.1) is 13.2 Å². The number of carbonyl (C=O) groups excluding carboxylic acids is 1. The van der Waals surface area contributed by atoms with E-state index >= 15 is 0 Å². The van der Waals surface area contributed by atoms with Gasteiger partial charge in [0, 0.05) is 12.0 Å². The van der Waals surface area contributed by atoms with Gasteiger partial charge in [-0.15, -0.1) is 0 Å². The van der Waals surface area contributed by atoms with E-state index in [-0.39, 0.29) is 29.8 Å². The summed E-state index contributed by atoms with van der Waals surface area (Å²) in [5, 5.41) is 3.93. The average Bonchev–Trinajstić information content (AvgIpc) is 3.32. The molecule has 1 aromatic heterocycles. The second kappa shape index (κ2) is 12.4. The molecule has 33 heavy (non-hydrogen) atoms. The Morgan fingerprint density at radius 1 is 1.15 bits per heavy atom. The molecule has 1 N–H and O–H groups in total. The van der Waals surface area contributed by atoms with Crippen LogP contribution in [-0.2, 0) is 25.5 Å². The smallest absolute Gasteiger partial charge is 0.347 e. The van der Waals surface area contributed by atoms with Crippen LogP contribution in [-0.4, -0.2) is 35.4 Å². The fourth-order valence-electron chi connectivity index (χ4n) is 2.80. The van der Waals surface area contributed by atoms with E-state index in [1.165, 1.54) is 18.4 Å². The highest BCUT2D eigenvalue weighted by Gasteiger charge is 2.22. The van der Waals surface area contributed by atoms with Gasteiger partial charge in [0.15, 0.2) is 11.8 Å². The Labute approximate surface area is 191 Å². The number of hydrogen-bond acceptors (Lipinski definition) is 8. The first-order valence-corrected chi connectivity index (χ1v) is 10.6. The highest BCUT2D eigenvalue weighted by Crippen LogP contribution is 2.20. The number of aromatic nitrogens is 2. The van der Waals surface area contributed by atoms with Crippen molar-refractivity contribution >= 4 is 11.7 Å². The van der Waals surface area contributed by atoms with Gasteiger partial charge in [0.2, 0.25) is 5.82 Å². The average molecular weight is 455 g/mol. The van der Waals surface area contributed by atoms with Crippen LogP contribution in [0.3, 0.4) is 0 Å². The van der Waals surface area contributed by atoms with Crippen molar-refractivity contribution in [2.24, 2.45) is 0 Å². The molecular formula is C24H26FN3O5. The zero-order valence-corrected chi connectivity index (χ0v) is 18.5. The van der Waals surface area contributed by atoms with Crippen molar-refractivity contribution < 1.29 is 28.0 Å². The molecule has 174 valence electrons. The van der Waals surface area contributed by atoms with Crippen molar-refractivity contribution in [3.63, 3.8) is 0 Å². The molecule has 0 spiro atoms. The summed E-state index contributed by atoms with van der Waals surface area (Å²) >= 11 is 0. The minimum atomic E-state index is -0.894. The minimum absolute atomic E-state index is 0.0766. The van der Waals surface area contributed by atoms with Crippen molar-refractivity contribution in [2.75, 3.05) is 13.2 Å². The van der Waals surface area contributed by atoms with Gasteiger partial charge in [-0.05, 0) is 43.2 Å². The third-order valence-electron chi connectivity index (χ3n) is 4.41. The number of esters is 1. The molecule has 0 aliphatic rings. The molecule has 0 radical (unpaired) electrons. The highest BCUT2D eigenvalue weighted by atomic mass is 19.1. The van der Waals surface area contributed by atoms with Gasteiger partial charge in [0.25, 0.3) is 5.89 Å². The number of ether oxygens (including phenoxy) is 2. The summed E-state index contributed by atoms with van der Waals surface area (Å²) in [4.78, 5) is 22.2. The van der Waals surface area contributed by atoms with Gasteiger partial charge in [0.1, 0.15) is 12.1 Å². The van der Waals surface area contributed by atoms with E-state index in [1.807, 2.05) is 37.3 Å². The predicted molar refractivity (Wildman–Crippen MR) is 119 cm³/mol. The van der Waals surface area contributed by atoms with Crippen molar-refractivity contribution in [2.45, 2.75) is 32.8 Å². The number of benzene rings is 2. The van der Waals surface area contributed by atoms with Crippen molar-refractivity contribution in [3.8, 4) is 11.4 Å². The van der Waals surface area contributed by atoms with Crippen LogP contribution in [0.25, 0.3) is 17.1 Å². The summed E-state index contributed by atoms with van der Waals surface area (Å²) in [7, 11) is 0. The lowest BCUT2D eigenvalue weighted by Crippen LogP contribution is -2.28. The quantitative estimate of drug-likeness (QED) is 0.187. The summed E-state index contributed by atoms with van der Waals surface area (Å²) in [5.41, 5.74) is 4.45. The molecule has 0 aliphatic carbocycles. The molecule has 8 nitrogen and oxygen atoms in total. The Bertz CT molecular complexity index is 1040. The lowest BCUT2D eigenvalue weighted by atomic mass is 10.1. The van der Waals surface area contributed by atoms with Crippen LogP contribution >= 0.6 is 0 Å². The third-order valence-corrected chi connectivity index (χ3v) is 4.41. The van der Waals surface area contributed by atoms with Gasteiger partial charge < -0.3 is 14.0 Å². The van der Waals surface area contributed by atoms with E-state index in [2.05, 4.69) is 15.6 Å². The molecule has 9 heteroatoms. The Kier molecular flexibility index (Phi) is 8.96. The molecule has 0 fully saturated rings. The van der Waals surface area contributed by atoms with Crippen LogP contribution in [0.5, 0.6) is 0 Å². The first-order valence-electron chi connectivity index (χ1n) is 10.6. The molecule has 1 atom stereocenters. The van der Waals surface area contributed by atoms with Gasteiger partial charge in [-0.2, -0.15) is 4.98 Å². The molecular weight excluding hydrogens is 429 g/mol. The topological polar surface area (TPSA) is 95.7 Å². The molecule has 0 saturated carbocycles. The van der Waals surface area contributed by atoms with Crippen LogP contribution in [0.15, 0.2) is 65.4 Å². The Hall–Kier alpha value is -3.72. The lowest BCUT2D eigenvalue weighted by Gasteiger charge is -2.16. The maximum absolute atomic E-state index is 13.2. The number of hydrogen-bond donors (Lipinski definition) is 1. The van der Waals surface area contributed by atoms with E-state index < -0.39 is 12.1 Å². The number of nitrogens with one attached hydrogen (secondary N) is 1. The molecule has 1 heterocycles. The molecule has 0 aliphatic heterocycles. The van der Waals surface area contributed by atoms with Gasteiger partial charge in [-0.25, -0.2) is 9.18 Å². The van der Waals surface area contributed by atoms with Gasteiger partial charge >= 0.3 is 5.97 Å². The summed E-state index contributed by atoms with van der Waals surface area (Å²) in [6, 6.07) is 15.2. The number of nitrogens with zero attached hydrogens (tertiary/aromatic N) is 2. The zero-order chi connectivity index (χ0) is 23.5. The first kappa shape index (κ1) is 23.9. The zero-order valence-electron chi connectivity index (χ0n) is 18.5. The van der Waals surface area contributed by atoms with Crippen molar-refractivity contribution in [1.82, 2.24) is 15.6 Å². The fourth-order valence-corrected chi connectivity index (χ4v) is 2.80. The summed E-state index contributed by atoms with van der Waals surface area (Å²) in [5.74, 6) is -0.523. The summed E-state index contributed by atoms with van der Waals surface area (Å²) in [6.07, 6.45) is 1.48. The second-order valence-corrected chi connectivity index (χ2v) is 6.98. The number of rotatable bonds is 12. The molecule has 3 aromatic rings. The Balaban J connectivity index is 1.82. The monoisotopic (exact) mass is 455 g/mol. The molecule has 1 unspecified atom stereocenters. The van der Waals surface area contributed by atoms with Crippen LogP contribution in [0.4, 0.5) is 4.39 Å². The van der Waals surface area contributed by atoms with Gasteiger partial charge in [-0.3, -0.25) is 10.3 Å². The van der Waals surface area contributed by atoms with Crippen LogP contribution in [0.2, 0.25) is 0 Å². The predicted octanol–water partition coefficient (Wildman–Crippen LogP) is 4.30. The largest absolute Gasteiger partial charge is 0.484 e. The molecule has 0 amide bonds. The number of carbonyl (C=O) groups is 1. The first-order chi connectivity index (χ1) is 16.1. The second-order valence-electron chi connectivity index (χ2n) is 6.98. The molecule has 0 bridgehead atoms. The summed E-state index contributed by atoms with van der Waals surface area (Å²) in [6.45, 7) is 4.33. The van der Waals surface area contributed by atoms with E-state index in [1.54, 1.807) is 19.1 Å². The Morgan fingerprint density at radius 3 is 2.61 bits per heavy atom. The maximum atomic E-state index is 13.2. The number of halogens is 1. The normalized spacial score (nSPS) is 12.3. The number of hydroxylamine groups is 1. The Morgan fingerprint density at radius 2 is 1.91 bits per heavy atom. The molecule has 3 rings (SSSR count). The minimum Gasteiger partial charge on any atom is -0.484 e. The standard InChI is InChI=1S/C24H26FN3O5/c1-3-14-32-27-20(23-26-22(28-33-23)18-10-12-19(25)13-11-18)16-31-21(24(29)30-4-2)15-17-8-6-5-7-9-17/h5-13,16,21,27H,3-4,14-15H2,1-2H3. The van der Waals surface area contributed by atoms with E-state index in [9.17, 15) is 9.18 Å². The molecule has 0 saturated heterocycles. The van der Waals surface area contributed by atoms with E-state index in [0.29, 0.717) is 18.6 Å². The molecule has 2 aromatic carbocycles. The van der Waals surface area contributed by atoms with Crippen molar-refractivity contribution in [1.29, 1.82) is 0 Å². The van der Waals surface area contributed by atoms with Crippen LogP contribution in [0, 0.1) is 5.82 Å². The highest BCUT2D eigenvalue weighted by molar-refractivity contribution is 5.75. The van der Waals surface area contributed by atoms with Crippen LogP contribution < -0.4 is 5.48 Å². The maximum Gasteiger partial charge on any atom is 0.347 e.